The van der Waals surface area contributed by atoms with E-state index >= 15 is 4.39 Å². The van der Waals surface area contributed by atoms with Gasteiger partial charge in [0.25, 0.3) is 0 Å². The maximum Gasteiger partial charge on any atom is 0.303 e. The van der Waals surface area contributed by atoms with Crippen molar-refractivity contribution in [3.63, 3.8) is 0 Å². The maximum absolute atomic E-state index is 15.4. The Morgan fingerprint density at radius 3 is 1.16 bits per heavy atom. The number of hydrogen-bond acceptors (Lipinski definition) is 14. The Bertz CT molecular complexity index is 2620. The molecule has 14 nitrogen and oxygen atoms in total. The van der Waals surface area contributed by atoms with Crippen molar-refractivity contribution in [2.45, 2.75) is 121 Å². The van der Waals surface area contributed by atoms with Crippen molar-refractivity contribution >= 4 is 24.1 Å². The Morgan fingerprint density at radius 2 is 0.800 bits per heavy atom. The Balaban J connectivity index is 1.31. The number of nitrogens with zero attached hydrogens (tertiary/aromatic N) is 1. The summed E-state index contributed by atoms with van der Waals surface area (Å²) in [5.74, 6) is -2.75. The third-order valence-electron chi connectivity index (χ3n) is 12.6. The first kappa shape index (κ1) is 54.3. The van der Waals surface area contributed by atoms with Gasteiger partial charge in [-0.3, -0.25) is 19.4 Å². The van der Waals surface area contributed by atoms with Gasteiger partial charge < -0.3 is 47.4 Å². The van der Waals surface area contributed by atoms with E-state index in [9.17, 15) is 14.4 Å². The molecule has 1 heterocycles. The van der Waals surface area contributed by atoms with Crippen molar-refractivity contribution in [1.82, 2.24) is 0 Å². The van der Waals surface area contributed by atoms with Gasteiger partial charge in [-0.15, -0.1) is 0 Å². The molecule has 8 rings (SSSR count). The Labute approximate surface area is 436 Å². The van der Waals surface area contributed by atoms with Gasteiger partial charge in [-0.05, 0) is 33.9 Å². The third kappa shape index (κ3) is 15.6. The minimum atomic E-state index is -1.55. The molecule has 0 N–H and O–H groups in total. The minimum Gasteiger partial charge on any atom is -0.463 e. The highest BCUT2D eigenvalue weighted by Crippen LogP contribution is 2.39. The van der Waals surface area contributed by atoms with Gasteiger partial charge in [0.1, 0.15) is 61.2 Å². The van der Waals surface area contributed by atoms with Gasteiger partial charge in [-0.2, -0.15) is 0 Å². The van der Waals surface area contributed by atoms with E-state index in [2.05, 4.69) is 0 Å². The molecule has 6 aromatic rings. The van der Waals surface area contributed by atoms with E-state index in [1.165, 1.54) is 45.2 Å². The lowest BCUT2D eigenvalue weighted by Gasteiger charge is -2.51. The van der Waals surface area contributed by atoms with Crippen molar-refractivity contribution in [3.05, 3.63) is 215 Å². The standard InChI is InChI=1S/C60H62FNO13/c1-40(63)66-39-50-52(72-41(2)64)53(73-42(3)65)51(62-33-48-31-19-20-32-49(48)61)60(74-50)75-59-57(70-37-46-27-15-7-16-28-46)55(68-35-44-23-11-5-12-24-44)54(67-34-43-21-9-4-10-22-43)56(69-36-45-25-13-6-14-26-45)58(59)71-38-47-29-17-8-18-30-47/h4-33,50-60H,34-39H2,1-3H3/t50-,51-,52-,53-,54?,55-,56-,57-,58+,59?,60-/m1/s1. The predicted molar refractivity (Wildman–Crippen MR) is 274 cm³/mol. The van der Waals surface area contributed by atoms with E-state index in [1.807, 2.05) is 152 Å². The van der Waals surface area contributed by atoms with Crippen LogP contribution in [0.1, 0.15) is 54.2 Å². The second-order valence-electron chi connectivity index (χ2n) is 18.2. The molecule has 2 aliphatic rings. The number of hydrogen-bond donors (Lipinski definition) is 0. The van der Waals surface area contributed by atoms with Gasteiger partial charge in [0, 0.05) is 32.5 Å². The first-order valence-corrected chi connectivity index (χ1v) is 24.9. The largest absolute Gasteiger partial charge is 0.463 e. The van der Waals surface area contributed by atoms with Crippen molar-refractivity contribution < 1.29 is 66.1 Å². The van der Waals surface area contributed by atoms with Crippen LogP contribution in [0.4, 0.5) is 4.39 Å². The highest BCUT2D eigenvalue weighted by atomic mass is 19.1. The summed E-state index contributed by atoms with van der Waals surface area (Å²) in [6.45, 7) is 3.67. The molecule has 1 saturated carbocycles. The molecule has 0 spiro atoms. The summed E-state index contributed by atoms with van der Waals surface area (Å²) < 4.78 is 82.4. The number of aliphatic imine (C=N–C) groups is 1. The van der Waals surface area contributed by atoms with Crippen molar-refractivity contribution in [2.75, 3.05) is 6.61 Å². The summed E-state index contributed by atoms with van der Waals surface area (Å²) in [6, 6.07) is 52.9. The monoisotopic (exact) mass is 1020 g/mol. The summed E-state index contributed by atoms with van der Waals surface area (Å²) in [5.41, 5.74) is 4.41. The maximum atomic E-state index is 15.4. The lowest BCUT2D eigenvalue weighted by atomic mass is 9.83. The zero-order valence-electron chi connectivity index (χ0n) is 42.0. The molecular formula is C60H62FNO13. The van der Waals surface area contributed by atoms with Gasteiger partial charge in [-0.1, -0.05) is 170 Å². The molecule has 0 radical (unpaired) electrons. The summed E-state index contributed by atoms with van der Waals surface area (Å²) in [6.07, 6.45) is -10.6. The second-order valence-corrected chi connectivity index (χ2v) is 18.2. The topological polar surface area (TPSA) is 156 Å². The molecule has 75 heavy (non-hydrogen) atoms. The first-order valence-electron chi connectivity index (χ1n) is 24.9. The predicted octanol–water partition coefficient (Wildman–Crippen LogP) is 9.09. The molecule has 0 aromatic heterocycles. The zero-order chi connectivity index (χ0) is 52.4. The number of carbonyl (C=O) groups is 3. The number of ether oxygens (including phenoxy) is 10. The van der Waals surface area contributed by atoms with Crippen LogP contribution < -0.4 is 0 Å². The number of carbonyl (C=O) groups excluding carboxylic acids is 3. The van der Waals surface area contributed by atoms with Crippen LogP contribution in [0.25, 0.3) is 0 Å². The fourth-order valence-corrected chi connectivity index (χ4v) is 9.11. The number of esters is 3. The van der Waals surface area contributed by atoms with Crippen molar-refractivity contribution in [1.29, 1.82) is 0 Å². The SMILES string of the molecule is CC(=O)OC[C@H]1O[C@H](OC2[C@@H](OCc3ccccc3)[C@H](OCc3ccccc3)C(OCc3ccccc3)[C@@H](OCc3ccccc3)[C@H]2OCc2ccccc2)[C@H](N=Cc2ccccc2F)[C@@H](OC(C)=O)[C@@H]1OC(C)=O. The van der Waals surface area contributed by atoms with Crippen LogP contribution in [0.15, 0.2) is 181 Å². The van der Waals surface area contributed by atoms with Crippen LogP contribution in [0.2, 0.25) is 0 Å². The van der Waals surface area contributed by atoms with Crippen LogP contribution in [0.5, 0.6) is 0 Å². The van der Waals surface area contributed by atoms with Crippen LogP contribution in [0, 0.1) is 5.82 Å². The molecule has 392 valence electrons. The summed E-state index contributed by atoms with van der Waals surface area (Å²) in [4.78, 5) is 43.3. The fraction of sp³-hybridized carbons (Fsp3) is 0.333. The van der Waals surface area contributed by atoms with Crippen LogP contribution in [0.3, 0.4) is 0 Å². The van der Waals surface area contributed by atoms with E-state index in [4.69, 9.17) is 52.4 Å². The van der Waals surface area contributed by atoms with Crippen LogP contribution in [-0.4, -0.2) is 98.0 Å². The minimum absolute atomic E-state index is 0.0724. The highest BCUT2D eigenvalue weighted by Gasteiger charge is 2.58. The molecule has 6 aromatic carbocycles. The lowest BCUT2D eigenvalue weighted by Crippen LogP contribution is -2.69. The van der Waals surface area contributed by atoms with Crippen LogP contribution in [-0.2, 0) is 94.8 Å². The number of benzene rings is 6. The van der Waals surface area contributed by atoms with Gasteiger partial charge in [0.2, 0.25) is 0 Å². The summed E-state index contributed by atoms with van der Waals surface area (Å²) in [5, 5.41) is 0. The Morgan fingerprint density at radius 1 is 0.453 bits per heavy atom. The molecule has 1 aliphatic heterocycles. The quantitative estimate of drug-likeness (QED) is 0.0341. The lowest BCUT2D eigenvalue weighted by molar-refractivity contribution is -0.337. The van der Waals surface area contributed by atoms with Gasteiger partial charge in [-0.25, -0.2) is 4.39 Å². The second kappa shape index (κ2) is 27.5. The first-order chi connectivity index (χ1) is 36.6. The molecule has 2 fully saturated rings. The Hall–Kier alpha value is -6.95. The highest BCUT2D eigenvalue weighted by molar-refractivity contribution is 5.80. The van der Waals surface area contributed by atoms with E-state index in [0.717, 1.165) is 27.8 Å². The third-order valence-corrected chi connectivity index (χ3v) is 12.6. The fourth-order valence-electron chi connectivity index (χ4n) is 9.11. The summed E-state index contributed by atoms with van der Waals surface area (Å²) >= 11 is 0. The molecule has 2 unspecified atom stereocenters. The van der Waals surface area contributed by atoms with E-state index in [-0.39, 0.29) is 38.6 Å². The average Bonchev–Trinajstić information content (AvgIpc) is 3.42. The average molecular weight is 1020 g/mol. The van der Waals surface area contributed by atoms with Gasteiger partial charge in [0.15, 0.2) is 18.5 Å². The smallest absolute Gasteiger partial charge is 0.303 e. The number of rotatable bonds is 23. The number of halogens is 1. The van der Waals surface area contributed by atoms with E-state index < -0.39 is 97.6 Å². The molecule has 0 bridgehead atoms. The van der Waals surface area contributed by atoms with Crippen LogP contribution >= 0.6 is 0 Å². The Kier molecular flexibility index (Phi) is 19.9. The normalized spacial score (nSPS) is 24.6. The zero-order valence-corrected chi connectivity index (χ0v) is 42.0. The molecule has 1 saturated heterocycles. The van der Waals surface area contributed by atoms with Crippen molar-refractivity contribution in [3.8, 4) is 0 Å². The van der Waals surface area contributed by atoms with E-state index in [1.54, 1.807) is 6.07 Å². The van der Waals surface area contributed by atoms with Crippen molar-refractivity contribution in [2.24, 2.45) is 4.99 Å². The summed E-state index contributed by atoms with van der Waals surface area (Å²) in [7, 11) is 0. The molecule has 11 atom stereocenters. The molecular weight excluding hydrogens is 962 g/mol. The molecule has 15 heteroatoms. The van der Waals surface area contributed by atoms with Gasteiger partial charge >= 0.3 is 17.9 Å². The molecule has 1 aliphatic carbocycles. The van der Waals surface area contributed by atoms with E-state index in [0.29, 0.717) is 0 Å². The van der Waals surface area contributed by atoms with Gasteiger partial charge in [0.05, 0.1) is 33.0 Å². The molecule has 0 amide bonds.